The first kappa shape index (κ1) is 11.7. The summed E-state index contributed by atoms with van der Waals surface area (Å²) >= 11 is 0. The average Bonchev–Trinajstić information content (AvgIpc) is 2.27. The third-order valence-electron chi connectivity index (χ3n) is 1.87. The smallest absolute Gasteiger partial charge is 0.396 e. The van der Waals surface area contributed by atoms with Crippen LogP contribution in [0.4, 0.5) is 5.69 Å². The van der Waals surface area contributed by atoms with Crippen molar-refractivity contribution in [2.24, 2.45) is 0 Å². The molecule has 0 spiro atoms. The van der Waals surface area contributed by atoms with Crippen molar-refractivity contribution in [3.8, 4) is 0 Å². The zero-order valence-electron chi connectivity index (χ0n) is 8.86. The average molecular weight is 205 g/mol. The van der Waals surface area contributed by atoms with E-state index in [4.69, 9.17) is 4.65 Å². The van der Waals surface area contributed by atoms with Crippen LogP contribution in [0.25, 0.3) is 0 Å². The van der Waals surface area contributed by atoms with Crippen LogP contribution in [0.3, 0.4) is 0 Å². The maximum atomic E-state index is 11.6. The van der Waals surface area contributed by atoms with Gasteiger partial charge in [0.15, 0.2) is 0 Å². The second kappa shape index (κ2) is 6.21. The van der Waals surface area contributed by atoms with Crippen molar-refractivity contribution in [1.82, 2.24) is 5.23 Å². The number of carbonyl (C=O) groups is 1. The lowest BCUT2D eigenvalue weighted by atomic mass is 10.2. The number of benzene rings is 1. The molecule has 2 N–H and O–H groups in total. The Morgan fingerprint density at radius 2 is 2.07 bits per heavy atom. The van der Waals surface area contributed by atoms with Gasteiger partial charge >= 0.3 is 7.62 Å². The summed E-state index contributed by atoms with van der Waals surface area (Å²) in [7, 11) is 2.91. The van der Waals surface area contributed by atoms with Crippen LogP contribution in [0.1, 0.15) is 6.92 Å². The molecule has 0 aromatic heterocycles. The fourth-order valence-corrected chi connectivity index (χ4v) is 1.02. The molecule has 0 aliphatic rings. The number of anilines is 1. The van der Waals surface area contributed by atoms with E-state index in [2.05, 4.69) is 10.5 Å². The van der Waals surface area contributed by atoms with Gasteiger partial charge in [0.25, 0.3) is 0 Å². The summed E-state index contributed by atoms with van der Waals surface area (Å²) < 4.78 is 4.70. The fourth-order valence-electron chi connectivity index (χ4n) is 1.02. The van der Waals surface area contributed by atoms with Crippen LogP contribution >= 0.6 is 0 Å². The molecule has 0 heterocycles. The highest BCUT2D eigenvalue weighted by atomic mass is 16.4. The highest BCUT2D eigenvalue weighted by Gasteiger charge is 2.11. The molecule has 1 radical (unpaired) electrons. The van der Waals surface area contributed by atoms with E-state index in [-0.39, 0.29) is 11.9 Å². The van der Waals surface area contributed by atoms with Gasteiger partial charge in [-0.1, -0.05) is 18.2 Å². The van der Waals surface area contributed by atoms with Gasteiger partial charge in [0.05, 0.1) is 6.04 Å². The molecule has 0 saturated carbocycles. The molecule has 15 heavy (non-hydrogen) atoms. The highest BCUT2D eigenvalue weighted by Crippen LogP contribution is 2.05. The van der Waals surface area contributed by atoms with E-state index < -0.39 is 0 Å². The van der Waals surface area contributed by atoms with Crippen molar-refractivity contribution in [2.45, 2.75) is 13.0 Å². The lowest BCUT2D eigenvalue weighted by Crippen LogP contribution is -2.40. The fraction of sp³-hybridized carbons (Fsp3) is 0.300. The monoisotopic (exact) mass is 205 g/mol. The summed E-state index contributed by atoms with van der Waals surface area (Å²) in [6.07, 6.45) is 0. The van der Waals surface area contributed by atoms with Crippen molar-refractivity contribution < 1.29 is 9.45 Å². The van der Waals surface area contributed by atoms with Crippen LogP contribution in [0.5, 0.6) is 0 Å². The molecular formula is C10H14BN2O2. The van der Waals surface area contributed by atoms with Crippen molar-refractivity contribution in [3.63, 3.8) is 0 Å². The lowest BCUT2D eigenvalue weighted by molar-refractivity contribution is -0.117. The minimum Gasteiger partial charge on any atom is -0.427 e. The first-order valence-electron chi connectivity index (χ1n) is 4.70. The SMILES string of the molecule is CO[B]N[C@@H](C)C(=O)Nc1ccccc1. The maximum Gasteiger partial charge on any atom is 0.396 e. The molecule has 1 aromatic carbocycles. The van der Waals surface area contributed by atoms with E-state index >= 15 is 0 Å². The van der Waals surface area contributed by atoms with E-state index in [0.29, 0.717) is 0 Å². The van der Waals surface area contributed by atoms with E-state index in [9.17, 15) is 4.79 Å². The molecule has 0 aliphatic heterocycles. The lowest BCUT2D eigenvalue weighted by Gasteiger charge is -2.12. The van der Waals surface area contributed by atoms with Crippen molar-refractivity contribution in [2.75, 3.05) is 12.4 Å². The number of para-hydroxylation sites is 1. The Morgan fingerprint density at radius 1 is 1.40 bits per heavy atom. The Morgan fingerprint density at radius 3 is 2.67 bits per heavy atom. The first-order chi connectivity index (χ1) is 7.24. The summed E-state index contributed by atoms with van der Waals surface area (Å²) in [5.41, 5.74) is 0.786. The molecule has 79 valence electrons. The van der Waals surface area contributed by atoms with Crippen molar-refractivity contribution in [3.05, 3.63) is 30.3 Å². The van der Waals surface area contributed by atoms with E-state index in [0.717, 1.165) is 5.69 Å². The molecule has 0 fully saturated rings. The van der Waals surface area contributed by atoms with Crippen LogP contribution < -0.4 is 10.5 Å². The Kier molecular flexibility index (Phi) is 4.87. The van der Waals surface area contributed by atoms with Gasteiger partial charge in [0.2, 0.25) is 5.91 Å². The van der Waals surface area contributed by atoms with Gasteiger partial charge in [0, 0.05) is 12.8 Å². The molecule has 0 saturated heterocycles. The minimum absolute atomic E-state index is 0.102. The van der Waals surface area contributed by atoms with Gasteiger partial charge in [0.1, 0.15) is 0 Å². The van der Waals surface area contributed by atoms with Gasteiger partial charge < -0.3 is 15.2 Å². The topological polar surface area (TPSA) is 50.4 Å². The second-order valence-corrected chi connectivity index (χ2v) is 3.10. The molecule has 1 atom stereocenters. The van der Waals surface area contributed by atoms with Gasteiger partial charge in [-0.3, -0.25) is 4.79 Å². The summed E-state index contributed by atoms with van der Waals surface area (Å²) in [6, 6.07) is 8.99. The largest absolute Gasteiger partial charge is 0.427 e. The Balaban J connectivity index is 2.42. The summed E-state index contributed by atoms with van der Waals surface area (Å²) in [4.78, 5) is 11.6. The number of carbonyl (C=O) groups excluding carboxylic acids is 1. The van der Waals surface area contributed by atoms with Gasteiger partial charge in [-0.25, -0.2) is 0 Å². The van der Waals surface area contributed by atoms with Crippen molar-refractivity contribution >= 4 is 19.2 Å². The van der Waals surface area contributed by atoms with Crippen LogP contribution in [-0.4, -0.2) is 26.7 Å². The van der Waals surface area contributed by atoms with Gasteiger partial charge in [-0.15, -0.1) is 0 Å². The minimum atomic E-state index is -0.329. The van der Waals surface area contributed by atoms with Gasteiger partial charge in [-0.05, 0) is 19.1 Å². The van der Waals surface area contributed by atoms with Gasteiger partial charge in [-0.2, -0.15) is 0 Å². The Hall–Kier alpha value is -1.33. The quantitative estimate of drug-likeness (QED) is 0.698. The molecule has 1 rings (SSSR count). The Labute approximate surface area is 90.3 Å². The zero-order chi connectivity index (χ0) is 11.1. The number of rotatable bonds is 5. The first-order valence-corrected chi connectivity index (χ1v) is 4.70. The third-order valence-corrected chi connectivity index (χ3v) is 1.87. The number of nitrogens with one attached hydrogen (secondary N) is 2. The molecule has 5 heteroatoms. The van der Waals surface area contributed by atoms with Crippen LogP contribution in [0, 0.1) is 0 Å². The van der Waals surface area contributed by atoms with E-state index in [1.807, 2.05) is 30.3 Å². The van der Waals surface area contributed by atoms with Crippen molar-refractivity contribution in [1.29, 1.82) is 0 Å². The molecule has 0 aliphatic carbocycles. The standard InChI is InChI=1S/C10H14BN2O2/c1-8(13-11-15-2)10(14)12-9-6-4-3-5-7-9/h3-8,13H,1-2H3,(H,12,14)/t8-/m0/s1. The maximum absolute atomic E-state index is 11.6. The number of amides is 1. The highest BCUT2D eigenvalue weighted by molar-refractivity contribution is 6.24. The van der Waals surface area contributed by atoms with Crippen LogP contribution in [0.2, 0.25) is 0 Å². The number of hydrogen-bond acceptors (Lipinski definition) is 3. The molecule has 4 nitrogen and oxygen atoms in total. The summed E-state index contributed by atoms with van der Waals surface area (Å²) in [5, 5.41) is 5.57. The molecule has 0 bridgehead atoms. The Bertz CT molecular complexity index is 306. The number of hydrogen-bond donors (Lipinski definition) is 2. The molecular weight excluding hydrogens is 191 g/mol. The molecule has 0 unspecified atom stereocenters. The van der Waals surface area contributed by atoms with Crippen LogP contribution in [0.15, 0.2) is 30.3 Å². The van der Waals surface area contributed by atoms with Crippen LogP contribution in [-0.2, 0) is 9.45 Å². The molecule has 1 amide bonds. The summed E-state index contributed by atoms with van der Waals surface area (Å²) in [6.45, 7) is 1.76. The molecule has 1 aromatic rings. The predicted molar refractivity (Wildman–Crippen MR) is 60.4 cm³/mol. The van der Waals surface area contributed by atoms with E-state index in [1.54, 1.807) is 6.92 Å². The predicted octanol–water partition coefficient (Wildman–Crippen LogP) is 0.784. The summed E-state index contributed by atoms with van der Waals surface area (Å²) in [5.74, 6) is -0.102. The normalized spacial score (nSPS) is 11.9. The zero-order valence-corrected chi connectivity index (χ0v) is 8.86. The second-order valence-electron chi connectivity index (χ2n) is 3.10. The van der Waals surface area contributed by atoms with E-state index in [1.165, 1.54) is 14.7 Å². The third kappa shape index (κ3) is 4.14.